The SMILES string of the molecule is CC(=O)N1CCCN(C(=O)C2(N)Cc3ccccc3C2)CC1. The number of amides is 2. The smallest absolute Gasteiger partial charge is 0.243 e. The standard InChI is InChI=1S/C17H23N3O2/c1-13(21)19-7-4-8-20(10-9-19)16(22)17(18)11-14-5-2-3-6-15(14)12-17/h2-3,5-6H,4,7-12,18H2,1H3. The lowest BCUT2D eigenvalue weighted by molar-refractivity contribution is -0.137. The summed E-state index contributed by atoms with van der Waals surface area (Å²) in [6.07, 6.45) is 2.03. The molecular weight excluding hydrogens is 278 g/mol. The quantitative estimate of drug-likeness (QED) is 0.824. The number of nitrogens with two attached hydrogens (primary N) is 1. The van der Waals surface area contributed by atoms with Gasteiger partial charge in [-0.2, -0.15) is 0 Å². The molecule has 3 rings (SSSR count). The molecule has 2 N–H and O–H groups in total. The maximum absolute atomic E-state index is 12.9. The van der Waals surface area contributed by atoms with Crippen molar-refractivity contribution in [2.24, 2.45) is 5.73 Å². The molecule has 2 amide bonds. The topological polar surface area (TPSA) is 66.6 Å². The highest BCUT2D eigenvalue weighted by molar-refractivity contribution is 5.88. The molecule has 0 unspecified atom stereocenters. The normalized spacial score (nSPS) is 20.5. The second-order valence-electron chi connectivity index (χ2n) is 6.43. The van der Waals surface area contributed by atoms with E-state index in [9.17, 15) is 9.59 Å². The molecule has 1 aromatic rings. The van der Waals surface area contributed by atoms with E-state index in [4.69, 9.17) is 5.73 Å². The largest absolute Gasteiger partial charge is 0.341 e. The fraction of sp³-hybridized carbons (Fsp3) is 0.529. The lowest BCUT2D eigenvalue weighted by atomic mass is 9.95. The van der Waals surface area contributed by atoms with Gasteiger partial charge >= 0.3 is 0 Å². The molecule has 0 bridgehead atoms. The maximum atomic E-state index is 12.9. The van der Waals surface area contributed by atoms with Gasteiger partial charge in [-0.05, 0) is 30.4 Å². The number of rotatable bonds is 1. The van der Waals surface area contributed by atoms with Gasteiger partial charge in [0, 0.05) is 33.1 Å². The predicted octanol–water partition coefficient (Wildman–Crippen LogP) is 0.564. The zero-order valence-electron chi connectivity index (χ0n) is 13.0. The summed E-state index contributed by atoms with van der Waals surface area (Å²) in [5, 5.41) is 0. The van der Waals surface area contributed by atoms with E-state index >= 15 is 0 Å². The third kappa shape index (κ3) is 2.73. The van der Waals surface area contributed by atoms with Crippen molar-refractivity contribution in [1.82, 2.24) is 9.80 Å². The van der Waals surface area contributed by atoms with Gasteiger partial charge in [-0.25, -0.2) is 0 Å². The van der Waals surface area contributed by atoms with Gasteiger partial charge in [0.05, 0.1) is 0 Å². The van der Waals surface area contributed by atoms with Crippen molar-refractivity contribution in [2.75, 3.05) is 26.2 Å². The number of fused-ring (bicyclic) bond motifs is 1. The molecule has 22 heavy (non-hydrogen) atoms. The Morgan fingerprint density at radius 3 is 2.14 bits per heavy atom. The summed E-state index contributed by atoms with van der Waals surface area (Å²) in [6.45, 7) is 4.15. The molecule has 1 aliphatic heterocycles. The Balaban J connectivity index is 1.71. The predicted molar refractivity (Wildman–Crippen MR) is 84.2 cm³/mol. The molecule has 0 saturated carbocycles. The van der Waals surface area contributed by atoms with Crippen molar-refractivity contribution in [3.63, 3.8) is 0 Å². The third-order valence-electron chi connectivity index (χ3n) is 4.78. The fourth-order valence-corrected chi connectivity index (χ4v) is 3.55. The molecule has 1 heterocycles. The van der Waals surface area contributed by atoms with E-state index in [2.05, 4.69) is 12.1 Å². The molecule has 0 spiro atoms. The lowest BCUT2D eigenvalue weighted by Gasteiger charge is -2.30. The van der Waals surface area contributed by atoms with Crippen LogP contribution in [-0.2, 0) is 22.4 Å². The first-order valence-electron chi connectivity index (χ1n) is 7.90. The van der Waals surface area contributed by atoms with Crippen molar-refractivity contribution in [2.45, 2.75) is 31.7 Å². The van der Waals surface area contributed by atoms with Gasteiger partial charge in [0.15, 0.2) is 0 Å². The summed E-state index contributed by atoms with van der Waals surface area (Å²) >= 11 is 0. The highest BCUT2D eigenvalue weighted by Crippen LogP contribution is 2.30. The van der Waals surface area contributed by atoms with Crippen LogP contribution < -0.4 is 5.73 Å². The van der Waals surface area contributed by atoms with Crippen molar-refractivity contribution >= 4 is 11.8 Å². The second-order valence-corrected chi connectivity index (χ2v) is 6.43. The molecule has 118 valence electrons. The Labute approximate surface area is 131 Å². The monoisotopic (exact) mass is 301 g/mol. The van der Waals surface area contributed by atoms with Crippen molar-refractivity contribution in [3.8, 4) is 0 Å². The molecule has 1 saturated heterocycles. The number of hydrogen-bond acceptors (Lipinski definition) is 3. The van der Waals surface area contributed by atoms with Crippen LogP contribution in [0.4, 0.5) is 0 Å². The Morgan fingerprint density at radius 1 is 1.00 bits per heavy atom. The van der Waals surface area contributed by atoms with Gasteiger partial charge in [0.1, 0.15) is 5.54 Å². The van der Waals surface area contributed by atoms with E-state index in [0.29, 0.717) is 32.5 Å². The minimum atomic E-state index is -0.824. The molecule has 0 atom stereocenters. The van der Waals surface area contributed by atoms with Crippen LogP contribution in [0.5, 0.6) is 0 Å². The van der Waals surface area contributed by atoms with Gasteiger partial charge in [-0.15, -0.1) is 0 Å². The van der Waals surface area contributed by atoms with Gasteiger partial charge in [-0.3, -0.25) is 9.59 Å². The molecular formula is C17H23N3O2. The molecule has 5 heteroatoms. The van der Waals surface area contributed by atoms with E-state index in [0.717, 1.165) is 13.0 Å². The summed E-state index contributed by atoms with van der Waals surface area (Å²) in [5.41, 5.74) is 7.99. The minimum absolute atomic E-state index is 0.0223. The van der Waals surface area contributed by atoms with Crippen LogP contribution in [0.15, 0.2) is 24.3 Å². The fourth-order valence-electron chi connectivity index (χ4n) is 3.55. The van der Waals surface area contributed by atoms with Crippen LogP contribution in [0.3, 0.4) is 0 Å². The second kappa shape index (κ2) is 5.72. The Kier molecular flexibility index (Phi) is 3.91. The first-order chi connectivity index (χ1) is 10.5. The molecule has 0 radical (unpaired) electrons. The van der Waals surface area contributed by atoms with Crippen LogP contribution in [0.25, 0.3) is 0 Å². The van der Waals surface area contributed by atoms with Crippen LogP contribution in [0.2, 0.25) is 0 Å². The van der Waals surface area contributed by atoms with Crippen LogP contribution in [0.1, 0.15) is 24.5 Å². The van der Waals surface area contributed by atoms with Gasteiger partial charge in [0.25, 0.3) is 0 Å². The summed E-state index contributed by atoms with van der Waals surface area (Å²) in [4.78, 5) is 28.1. The highest BCUT2D eigenvalue weighted by Gasteiger charge is 2.42. The number of hydrogen-bond donors (Lipinski definition) is 1. The van der Waals surface area contributed by atoms with E-state index in [-0.39, 0.29) is 11.8 Å². The number of carbonyl (C=O) groups excluding carboxylic acids is 2. The number of benzene rings is 1. The molecule has 1 fully saturated rings. The van der Waals surface area contributed by atoms with Crippen LogP contribution >= 0.6 is 0 Å². The van der Waals surface area contributed by atoms with Crippen molar-refractivity contribution in [1.29, 1.82) is 0 Å². The van der Waals surface area contributed by atoms with E-state index in [1.807, 2.05) is 17.0 Å². The Bertz CT molecular complexity index is 574. The summed E-state index contributed by atoms with van der Waals surface area (Å²) in [7, 11) is 0. The number of carbonyl (C=O) groups is 2. The van der Waals surface area contributed by atoms with E-state index < -0.39 is 5.54 Å². The zero-order chi connectivity index (χ0) is 15.7. The van der Waals surface area contributed by atoms with E-state index in [1.165, 1.54) is 11.1 Å². The van der Waals surface area contributed by atoms with Crippen LogP contribution in [0, 0.1) is 0 Å². The molecule has 0 aromatic heterocycles. The van der Waals surface area contributed by atoms with Crippen LogP contribution in [-0.4, -0.2) is 53.3 Å². The Morgan fingerprint density at radius 2 is 1.55 bits per heavy atom. The van der Waals surface area contributed by atoms with Crippen molar-refractivity contribution in [3.05, 3.63) is 35.4 Å². The Hall–Kier alpha value is -1.88. The lowest BCUT2D eigenvalue weighted by Crippen LogP contribution is -2.56. The summed E-state index contributed by atoms with van der Waals surface area (Å²) < 4.78 is 0. The third-order valence-corrected chi connectivity index (χ3v) is 4.78. The summed E-state index contributed by atoms with van der Waals surface area (Å²) in [6, 6.07) is 8.09. The minimum Gasteiger partial charge on any atom is -0.341 e. The van der Waals surface area contributed by atoms with Gasteiger partial charge in [-0.1, -0.05) is 24.3 Å². The zero-order valence-corrected chi connectivity index (χ0v) is 13.0. The molecule has 5 nitrogen and oxygen atoms in total. The molecule has 2 aliphatic rings. The first-order valence-corrected chi connectivity index (χ1v) is 7.90. The average molecular weight is 301 g/mol. The van der Waals surface area contributed by atoms with Gasteiger partial charge < -0.3 is 15.5 Å². The summed E-state index contributed by atoms with van der Waals surface area (Å²) in [5.74, 6) is 0.0964. The first kappa shape index (κ1) is 15.0. The maximum Gasteiger partial charge on any atom is 0.243 e. The highest BCUT2D eigenvalue weighted by atomic mass is 16.2. The van der Waals surface area contributed by atoms with E-state index in [1.54, 1.807) is 11.8 Å². The average Bonchev–Trinajstić information content (AvgIpc) is 2.68. The van der Waals surface area contributed by atoms with Gasteiger partial charge in [0.2, 0.25) is 11.8 Å². The number of nitrogens with zero attached hydrogens (tertiary/aromatic N) is 2. The molecule has 1 aliphatic carbocycles. The molecule has 1 aromatic carbocycles. The van der Waals surface area contributed by atoms with Crippen molar-refractivity contribution < 1.29 is 9.59 Å².